The van der Waals surface area contributed by atoms with Crippen LogP contribution in [0.5, 0.6) is 5.75 Å². The SMILES string of the molecule is CC1(C)CCC(Cc2cc(O)c(C3=CNNC3)c(=O)[nH]2)CC1. The fourth-order valence-electron chi connectivity index (χ4n) is 3.49. The summed E-state index contributed by atoms with van der Waals surface area (Å²) >= 11 is 0. The van der Waals surface area contributed by atoms with Gasteiger partial charge in [0.15, 0.2) is 0 Å². The first-order chi connectivity index (χ1) is 10.4. The summed E-state index contributed by atoms with van der Waals surface area (Å²) in [6.07, 6.45) is 7.40. The third kappa shape index (κ3) is 3.19. The summed E-state index contributed by atoms with van der Waals surface area (Å²) in [6.45, 7) is 5.18. The van der Waals surface area contributed by atoms with E-state index in [1.807, 2.05) is 0 Å². The molecule has 1 aromatic heterocycles. The maximum Gasteiger partial charge on any atom is 0.259 e. The number of hydrazine groups is 1. The topological polar surface area (TPSA) is 77.2 Å². The summed E-state index contributed by atoms with van der Waals surface area (Å²) in [7, 11) is 0. The van der Waals surface area contributed by atoms with E-state index in [0.717, 1.165) is 17.7 Å². The average molecular weight is 303 g/mol. The van der Waals surface area contributed by atoms with Gasteiger partial charge in [0.05, 0.1) is 5.56 Å². The lowest BCUT2D eigenvalue weighted by Gasteiger charge is -2.34. The van der Waals surface area contributed by atoms with Crippen molar-refractivity contribution in [3.63, 3.8) is 0 Å². The standard InChI is InChI=1S/C17H25N3O2/c1-17(2)5-3-11(4-6-17)7-13-8-14(21)15(16(22)20-13)12-9-18-19-10-12/h8-9,11,18-19H,3-7,10H2,1-2H3,(H2,20,21,22). The zero-order chi connectivity index (χ0) is 15.7. The molecular formula is C17H25N3O2. The van der Waals surface area contributed by atoms with E-state index in [2.05, 4.69) is 29.7 Å². The van der Waals surface area contributed by atoms with E-state index < -0.39 is 0 Å². The zero-order valence-electron chi connectivity index (χ0n) is 13.3. The fraction of sp³-hybridized carbons (Fsp3) is 0.588. The minimum Gasteiger partial charge on any atom is -0.507 e. The van der Waals surface area contributed by atoms with Crippen molar-refractivity contribution in [2.24, 2.45) is 11.3 Å². The number of pyridine rings is 1. The van der Waals surface area contributed by atoms with Crippen molar-refractivity contribution in [2.45, 2.75) is 46.0 Å². The average Bonchev–Trinajstić information content (AvgIpc) is 2.94. The van der Waals surface area contributed by atoms with E-state index >= 15 is 0 Å². The third-order valence-corrected chi connectivity index (χ3v) is 4.98. The van der Waals surface area contributed by atoms with Gasteiger partial charge in [-0.3, -0.25) is 4.79 Å². The molecule has 0 saturated heterocycles. The molecule has 5 nitrogen and oxygen atoms in total. The molecule has 5 heteroatoms. The van der Waals surface area contributed by atoms with Crippen LogP contribution in [-0.4, -0.2) is 16.6 Å². The number of hydrogen-bond donors (Lipinski definition) is 4. The maximum atomic E-state index is 12.3. The quantitative estimate of drug-likeness (QED) is 0.691. The molecule has 2 heterocycles. The molecule has 120 valence electrons. The fourth-order valence-corrected chi connectivity index (χ4v) is 3.49. The highest BCUT2D eigenvalue weighted by Crippen LogP contribution is 2.39. The number of nitrogens with one attached hydrogen (secondary N) is 3. The van der Waals surface area contributed by atoms with Gasteiger partial charge in [-0.1, -0.05) is 13.8 Å². The lowest BCUT2D eigenvalue weighted by Crippen LogP contribution is -2.24. The van der Waals surface area contributed by atoms with Gasteiger partial charge in [-0.05, 0) is 43.4 Å². The summed E-state index contributed by atoms with van der Waals surface area (Å²) in [4.78, 5) is 15.2. The lowest BCUT2D eigenvalue weighted by molar-refractivity contribution is 0.190. The van der Waals surface area contributed by atoms with Crippen molar-refractivity contribution >= 4 is 5.57 Å². The summed E-state index contributed by atoms with van der Waals surface area (Å²) in [5.74, 6) is 0.676. The van der Waals surface area contributed by atoms with Crippen molar-refractivity contribution in [1.82, 2.24) is 15.8 Å². The Labute approximate surface area is 130 Å². The molecule has 22 heavy (non-hydrogen) atoms. The van der Waals surface area contributed by atoms with Gasteiger partial charge in [-0.15, -0.1) is 0 Å². The van der Waals surface area contributed by atoms with E-state index in [0.29, 0.717) is 23.4 Å². The molecule has 4 N–H and O–H groups in total. The van der Waals surface area contributed by atoms with Crippen LogP contribution in [0, 0.1) is 11.3 Å². The van der Waals surface area contributed by atoms with Crippen LogP contribution >= 0.6 is 0 Å². The van der Waals surface area contributed by atoms with Crippen LogP contribution in [0.2, 0.25) is 0 Å². The monoisotopic (exact) mass is 303 g/mol. The predicted molar refractivity (Wildman–Crippen MR) is 87.3 cm³/mol. The molecule has 0 bridgehead atoms. The highest BCUT2D eigenvalue weighted by atomic mass is 16.3. The molecule has 0 atom stereocenters. The van der Waals surface area contributed by atoms with E-state index in [1.165, 1.54) is 25.7 Å². The number of aromatic hydroxyl groups is 1. The van der Waals surface area contributed by atoms with Crippen molar-refractivity contribution in [1.29, 1.82) is 0 Å². The first-order valence-electron chi connectivity index (χ1n) is 8.07. The number of aromatic amines is 1. The van der Waals surface area contributed by atoms with Crippen molar-refractivity contribution in [3.8, 4) is 5.75 Å². The summed E-state index contributed by atoms with van der Waals surface area (Å²) in [6, 6.07) is 1.72. The third-order valence-electron chi connectivity index (χ3n) is 4.98. The van der Waals surface area contributed by atoms with Gasteiger partial charge in [0.25, 0.3) is 5.56 Å². The Morgan fingerprint density at radius 3 is 2.64 bits per heavy atom. The first-order valence-corrected chi connectivity index (χ1v) is 8.07. The first kappa shape index (κ1) is 15.2. The summed E-state index contributed by atoms with van der Waals surface area (Å²) < 4.78 is 0. The Hall–Kier alpha value is -1.75. The Kier molecular flexibility index (Phi) is 4.00. The van der Waals surface area contributed by atoms with E-state index in [1.54, 1.807) is 12.3 Å². The van der Waals surface area contributed by atoms with Gasteiger partial charge < -0.3 is 15.5 Å². The molecule has 2 aliphatic rings. The highest BCUT2D eigenvalue weighted by Gasteiger charge is 2.27. The van der Waals surface area contributed by atoms with Crippen LogP contribution in [0.3, 0.4) is 0 Å². The van der Waals surface area contributed by atoms with Crippen LogP contribution in [0.4, 0.5) is 0 Å². The molecule has 1 aromatic rings. The van der Waals surface area contributed by atoms with Crippen LogP contribution in [0.1, 0.15) is 50.8 Å². The zero-order valence-corrected chi connectivity index (χ0v) is 13.3. The van der Waals surface area contributed by atoms with Crippen LogP contribution < -0.4 is 16.4 Å². The highest BCUT2D eigenvalue weighted by molar-refractivity contribution is 5.71. The van der Waals surface area contributed by atoms with E-state index in [9.17, 15) is 9.90 Å². The number of rotatable bonds is 3. The second-order valence-corrected chi connectivity index (χ2v) is 7.36. The molecule has 0 aromatic carbocycles. The minimum atomic E-state index is -0.206. The van der Waals surface area contributed by atoms with Crippen LogP contribution in [0.25, 0.3) is 5.57 Å². The molecule has 1 fully saturated rings. The maximum absolute atomic E-state index is 12.3. The molecule has 0 amide bonds. The van der Waals surface area contributed by atoms with Gasteiger partial charge in [-0.2, -0.15) is 0 Å². The second-order valence-electron chi connectivity index (χ2n) is 7.36. The summed E-state index contributed by atoms with van der Waals surface area (Å²) in [5, 5.41) is 10.2. The smallest absolute Gasteiger partial charge is 0.259 e. The Morgan fingerprint density at radius 1 is 1.32 bits per heavy atom. The van der Waals surface area contributed by atoms with E-state index in [4.69, 9.17) is 0 Å². The van der Waals surface area contributed by atoms with E-state index in [-0.39, 0.29) is 11.3 Å². The van der Waals surface area contributed by atoms with Gasteiger partial charge in [-0.25, -0.2) is 5.43 Å². The number of H-pyrrole nitrogens is 1. The molecule has 1 aliphatic carbocycles. The van der Waals surface area contributed by atoms with Crippen molar-refractivity contribution in [3.05, 3.63) is 33.9 Å². The Bertz CT molecular complexity index is 636. The van der Waals surface area contributed by atoms with Gasteiger partial charge in [0, 0.05) is 30.1 Å². The van der Waals surface area contributed by atoms with Gasteiger partial charge in [0.2, 0.25) is 0 Å². The predicted octanol–water partition coefficient (Wildman–Crippen LogP) is 2.29. The molecule has 0 radical (unpaired) electrons. The molecule has 3 rings (SSSR count). The van der Waals surface area contributed by atoms with Crippen molar-refractivity contribution in [2.75, 3.05) is 6.54 Å². The Morgan fingerprint density at radius 2 is 2.05 bits per heavy atom. The Balaban J connectivity index is 1.75. The molecule has 0 unspecified atom stereocenters. The minimum absolute atomic E-state index is 0.0756. The van der Waals surface area contributed by atoms with Gasteiger partial charge in [0.1, 0.15) is 5.75 Å². The largest absolute Gasteiger partial charge is 0.507 e. The summed E-state index contributed by atoms with van der Waals surface area (Å²) in [5.41, 5.74) is 7.98. The van der Waals surface area contributed by atoms with Crippen LogP contribution in [-0.2, 0) is 6.42 Å². The van der Waals surface area contributed by atoms with Crippen LogP contribution in [0.15, 0.2) is 17.1 Å². The molecule has 1 saturated carbocycles. The second kappa shape index (κ2) is 5.80. The number of hydrogen-bond acceptors (Lipinski definition) is 4. The molecular weight excluding hydrogens is 278 g/mol. The molecule has 0 spiro atoms. The van der Waals surface area contributed by atoms with Crippen molar-refractivity contribution < 1.29 is 5.11 Å². The lowest BCUT2D eigenvalue weighted by atomic mass is 9.72. The van der Waals surface area contributed by atoms with Gasteiger partial charge >= 0.3 is 0 Å². The number of aromatic nitrogens is 1. The molecule has 1 aliphatic heterocycles. The normalized spacial score (nSPS) is 21.5.